The van der Waals surface area contributed by atoms with E-state index in [4.69, 9.17) is 9.84 Å². The van der Waals surface area contributed by atoms with Gasteiger partial charge in [0.25, 0.3) is 5.69 Å². The van der Waals surface area contributed by atoms with E-state index in [1.165, 1.54) is 13.2 Å². The average molecular weight is 290 g/mol. The van der Waals surface area contributed by atoms with Gasteiger partial charge in [0.15, 0.2) is 5.75 Å². The molecule has 0 unspecified atom stereocenters. The Morgan fingerprint density at radius 1 is 1.53 bits per heavy atom. The van der Waals surface area contributed by atoms with Crippen molar-refractivity contribution in [2.24, 2.45) is 0 Å². The number of anilines is 1. The summed E-state index contributed by atoms with van der Waals surface area (Å²) in [4.78, 5) is 20.3. The summed E-state index contributed by atoms with van der Waals surface area (Å²) < 4.78 is 29.6. The van der Waals surface area contributed by atoms with E-state index in [1.807, 2.05) is 4.72 Å². The second kappa shape index (κ2) is 5.52. The maximum atomic E-state index is 11.4. The summed E-state index contributed by atoms with van der Waals surface area (Å²) in [6, 6.07) is 3.28. The Labute approximate surface area is 108 Å². The Kier molecular flexibility index (Phi) is 4.27. The van der Waals surface area contributed by atoms with Crippen LogP contribution in [0.1, 0.15) is 0 Å². The third-order valence-corrected chi connectivity index (χ3v) is 3.13. The molecule has 0 saturated carbocycles. The van der Waals surface area contributed by atoms with Crippen molar-refractivity contribution in [2.45, 2.75) is 0 Å². The molecule has 104 valence electrons. The topological polar surface area (TPSA) is 136 Å². The second-order valence-corrected chi connectivity index (χ2v) is 5.12. The number of carboxylic acid groups (broad SMARTS) is 1. The highest BCUT2D eigenvalue weighted by molar-refractivity contribution is 7.93. The number of nitro benzene ring substituents is 1. The smallest absolute Gasteiger partial charge is 0.320 e. The lowest BCUT2D eigenvalue weighted by atomic mass is 10.2. The molecule has 0 radical (unpaired) electrons. The number of nitrogens with zero attached hydrogens (tertiary/aromatic N) is 1. The fourth-order valence-corrected chi connectivity index (χ4v) is 2.15. The van der Waals surface area contributed by atoms with Crippen molar-refractivity contribution in [3.63, 3.8) is 0 Å². The summed E-state index contributed by atoms with van der Waals surface area (Å²) in [5.41, 5.74) is -0.549. The first-order valence-corrected chi connectivity index (χ1v) is 6.45. The molecule has 2 N–H and O–H groups in total. The van der Waals surface area contributed by atoms with E-state index in [-0.39, 0.29) is 17.1 Å². The van der Waals surface area contributed by atoms with Crippen molar-refractivity contribution in [1.29, 1.82) is 0 Å². The number of hydrogen-bond donors (Lipinski definition) is 2. The molecular weight excluding hydrogens is 280 g/mol. The van der Waals surface area contributed by atoms with Crippen molar-refractivity contribution in [3.05, 3.63) is 28.3 Å². The van der Waals surface area contributed by atoms with Crippen LogP contribution in [0.2, 0.25) is 0 Å². The molecule has 0 atom stereocenters. The fraction of sp³-hybridized carbons (Fsp3) is 0.222. The van der Waals surface area contributed by atoms with Crippen molar-refractivity contribution in [1.82, 2.24) is 0 Å². The molecule has 0 aromatic heterocycles. The summed E-state index contributed by atoms with van der Waals surface area (Å²) >= 11 is 0. The van der Waals surface area contributed by atoms with Crippen LogP contribution in [0.3, 0.4) is 0 Å². The molecule has 0 saturated heterocycles. The molecule has 0 amide bonds. The van der Waals surface area contributed by atoms with Gasteiger partial charge in [-0.05, 0) is 6.07 Å². The normalized spacial score (nSPS) is 10.8. The molecule has 0 heterocycles. The molecule has 0 fully saturated rings. The SMILES string of the molecule is COc1ccc([N+](=O)[O-])cc1NS(=O)(=O)CC(=O)O. The van der Waals surface area contributed by atoms with Crippen molar-refractivity contribution < 1.29 is 28.0 Å². The predicted molar refractivity (Wildman–Crippen MR) is 64.7 cm³/mol. The van der Waals surface area contributed by atoms with Crippen molar-refractivity contribution in [2.75, 3.05) is 17.6 Å². The van der Waals surface area contributed by atoms with E-state index in [2.05, 4.69) is 0 Å². The number of non-ortho nitro benzene ring substituents is 1. The highest BCUT2D eigenvalue weighted by atomic mass is 32.2. The first-order valence-electron chi connectivity index (χ1n) is 4.80. The quantitative estimate of drug-likeness (QED) is 0.572. The van der Waals surface area contributed by atoms with Gasteiger partial charge in [0, 0.05) is 12.1 Å². The monoisotopic (exact) mass is 290 g/mol. The number of benzene rings is 1. The van der Waals surface area contributed by atoms with Gasteiger partial charge in [0.05, 0.1) is 17.7 Å². The number of methoxy groups -OCH3 is 1. The number of hydrogen-bond acceptors (Lipinski definition) is 6. The third-order valence-electron chi connectivity index (χ3n) is 1.97. The Balaban J connectivity index is 3.14. The molecule has 1 aromatic carbocycles. The molecule has 10 heteroatoms. The number of nitro groups is 1. The van der Waals surface area contributed by atoms with E-state index in [1.54, 1.807) is 0 Å². The molecule has 19 heavy (non-hydrogen) atoms. The van der Waals surface area contributed by atoms with E-state index in [0.29, 0.717) is 0 Å². The van der Waals surface area contributed by atoms with Gasteiger partial charge in [0.2, 0.25) is 10.0 Å². The number of sulfonamides is 1. The van der Waals surface area contributed by atoms with Crippen LogP contribution >= 0.6 is 0 Å². The van der Waals surface area contributed by atoms with Gasteiger partial charge in [-0.25, -0.2) is 8.42 Å². The van der Waals surface area contributed by atoms with Gasteiger partial charge in [-0.3, -0.25) is 19.6 Å². The molecule has 0 aliphatic rings. The van der Waals surface area contributed by atoms with Gasteiger partial charge in [0.1, 0.15) is 5.75 Å². The zero-order valence-corrected chi connectivity index (χ0v) is 10.5. The lowest BCUT2D eigenvalue weighted by Crippen LogP contribution is -2.22. The van der Waals surface area contributed by atoms with Crippen LogP contribution in [0.4, 0.5) is 11.4 Å². The number of rotatable bonds is 6. The highest BCUT2D eigenvalue weighted by Crippen LogP contribution is 2.29. The molecule has 9 nitrogen and oxygen atoms in total. The van der Waals surface area contributed by atoms with Crippen molar-refractivity contribution >= 4 is 27.4 Å². The van der Waals surface area contributed by atoms with E-state index < -0.39 is 26.7 Å². The summed E-state index contributed by atoms with van der Waals surface area (Å²) in [7, 11) is -2.91. The summed E-state index contributed by atoms with van der Waals surface area (Å²) in [5.74, 6) is -2.66. The van der Waals surface area contributed by atoms with Crippen LogP contribution in [-0.4, -0.2) is 37.3 Å². The Morgan fingerprint density at radius 2 is 2.16 bits per heavy atom. The van der Waals surface area contributed by atoms with Gasteiger partial charge in [-0.1, -0.05) is 0 Å². The average Bonchev–Trinajstić information content (AvgIpc) is 2.26. The number of aliphatic carboxylic acids is 1. The van der Waals surface area contributed by atoms with E-state index in [9.17, 15) is 23.3 Å². The van der Waals surface area contributed by atoms with Crippen LogP contribution in [0.15, 0.2) is 18.2 Å². The largest absolute Gasteiger partial charge is 0.495 e. The summed E-state index contributed by atoms with van der Waals surface area (Å²) in [5, 5.41) is 19.0. The van der Waals surface area contributed by atoms with Crippen LogP contribution in [0.5, 0.6) is 5.75 Å². The highest BCUT2D eigenvalue weighted by Gasteiger charge is 2.19. The second-order valence-electron chi connectivity index (χ2n) is 3.40. The Hall–Kier alpha value is -2.36. The summed E-state index contributed by atoms with van der Waals surface area (Å²) in [6.45, 7) is 0. The zero-order valence-electron chi connectivity index (χ0n) is 9.69. The summed E-state index contributed by atoms with van der Waals surface area (Å²) in [6.07, 6.45) is 0. The molecule has 0 aliphatic carbocycles. The molecule has 1 aromatic rings. The fourth-order valence-electron chi connectivity index (χ4n) is 1.26. The van der Waals surface area contributed by atoms with E-state index >= 15 is 0 Å². The maximum Gasteiger partial charge on any atom is 0.320 e. The standard InChI is InChI=1S/C9H10N2O7S/c1-18-8-3-2-6(11(14)15)4-7(8)10-19(16,17)5-9(12)13/h2-4,10H,5H2,1H3,(H,12,13). The van der Waals surface area contributed by atoms with Crippen molar-refractivity contribution in [3.8, 4) is 5.75 Å². The lowest BCUT2D eigenvalue weighted by molar-refractivity contribution is -0.384. The van der Waals surface area contributed by atoms with Gasteiger partial charge in [-0.15, -0.1) is 0 Å². The van der Waals surface area contributed by atoms with Crippen LogP contribution in [0, 0.1) is 10.1 Å². The minimum Gasteiger partial charge on any atom is -0.495 e. The Bertz CT molecular complexity index is 611. The number of ether oxygens (including phenoxy) is 1. The zero-order chi connectivity index (χ0) is 14.6. The minimum absolute atomic E-state index is 0.0413. The van der Waals surface area contributed by atoms with Crippen LogP contribution in [0.25, 0.3) is 0 Å². The number of carbonyl (C=O) groups is 1. The molecule has 1 rings (SSSR count). The lowest BCUT2D eigenvalue weighted by Gasteiger charge is -2.10. The minimum atomic E-state index is -4.16. The van der Waals surface area contributed by atoms with Crippen LogP contribution in [-0.2, 0) is 14.8 Å². The molecular formula is C9H10N2O7S. The molecule has 0 bridgehead atoms. The van der Waals surface area contributed by atoms with Gasteiger partial charge in [-0.2, -0.15) is 0 Å². The maximum absolute atomic E-state index is 11.4. The number of nitrogens with one attached hydrogen (secondary N) is 1. The third kappa shape index (κ3) is 4.10. The van der Waals surface area contributed by atoms with E-state index in [0.717, 1.165) is 12.1 Å². The number of carboxylic acids is 1. The first-order chi connectivity index (χ1) is 8.75. The van der Waals surface area contributed by atoms with Gasteiger partial charge >= 0.3 is 5.97 Å². The van der Waals surface area contributed by atoms with Gasteiger partial charge < -0.3 is 9.84 Å². The Morgan fingerprint density at radius 3 is 2.63 bits per heavy atom. The molecule has 0 spiro atoms. The first kappa shape index (κ1) is 14.7. The predicted octanol–water partition coefficient (Wildman–Crippen LogP) is 0.430. The van der Waals surface area contributed by atoms with Crippen LogP contribution < -0.4 is 9.46 Å². The molecule has 0 aliphatic heterocycles.